The lowest BCUT2D eigenvalue weighted by molar-refractivity contribution is 1.20. The van der Waals surface area contributed by atoms with Crippen LogP contribution in [-0.4, -0.2) is 4.98 Å². The van der Waals surface area contributed by atoms with Crippen LogP contribution in [0.3, 0.4) is 0 Å². The number of pyridine rings is 1. The smallest absolute Gasteiger partial charge is 0.130 e. The molecule has 0 atom stereocenters. The average Bonchev–Trinajstić information content (AvgIpc) is 2.22. The molecule has 1 aromatic heterocycles. The molecule has 0 unspecified atom stereocenters. The van der Waals surface area contributed by atoms with E-state index in [4.69, 9.17) is 5.73 Å². The van der Waals surface area contributed by atoms with Crippen LogP contribution in [0.5, 0.6) is 0 Å². The van der Waals surface area contributed by atoms with Crippen molar-refractivity contribution >= 4 is 42.0 Å². The molecule has 2 aromatic rings. The van der Waals surface area contributed by atoms with Gasteiger partial charge >= 0.3 is 0 Å². The van der Waals surface area contributed by atoms with E-state index in [0.717, 1.165) is 22.9 Å². The highest BCUT2D eigenvalue weighted by Crippen LogP contribution is 2.15. The number of anilines is 3. The summed E-state index contributed by atoms with van der Waals surface area (Å²) in [5, 5.41) is 3.21. The Balaban J connectivity index is 0.00000128. The molecule has 0 saturated heterocycles. The maximum absolute atomic E-state index is 5.60. The fourth-order valence-corrected chi connectivity index (χ4v) is 1.33. The molecule has 0 spiro atoms. The van der Waals surface area contributed by atoms with E-state index in [1.165, 1.54) is 0 Å². The van der Waals surface area contributed by atoms with Crippen molar-refractivity contribution in [2.75, 3.05) is 11.1 Å². The minimum Gasteiger partial charge on any atom is -0.399 e. The first-order valence-corrected chi connectivity index (χ1v) is 4.80. The third kappa shape index (κ3) is 4.51. The highest BCUT2D eigenvalue weighted by atomic mass is 35.5. The topological polar surface area (TPSA) is 50.9 Å². The van der Waals surface area contributed by atoms with Gasteiger partial charge in [0.05, 0.1) is 0 Å². The van der Waals surface area contributed by atoms with Gasteiger partial charge in [-0.25, -0.2) is 4.98 Å². The lowest BCUT2D eigenvalue weighted by Crippen LogP contribution is -1.94. The van der Waals surface area contributed by atoms with E-state index in [-0.39, 0.29) is 24.8 Å². The number of nitrogens with two attached hydrogens (primary N) is 1. The van der Waals surface area contributed by atoms with Crippen LogP contribution in [0.2, 0.25) is 0 Å². The molecule has 3 N–H and O–H groups in total. The van der Waals surface area contributed by atoms with Crippen molar-refractivity contribution in [3.8, 4) is 0 Å². The Labute approximate surface area is 113 Å². The minimum atomic E-state index is 0. The van der Waals surface area contributed by atoms with Crippen molar-refractivity contribution in [3.05, 3.63) is 48.2 Å². The molecule has 2 rings (SSSR count). The number of nitrogen functional groups attached to an aromatic ring is 1. The summed E-state index contributed by atoms with van der Waals surface area (Å²) in [5.41, 5.74) is 8.35. The van der Waals surface area contributed by atoms with E-state index in [2.05, 4.69) is 10.3 Å². The molecule has 0 amide bonds. The molecular weight excluding hydrogens is 257 g/mol. The average molecular weight is 272 g/mol. The quantitative estimate of drug-likeness (QED) is 0.822. The summed E-state index contributed by atoms with van der Waals surface area (Å²) in [5.74, 6) is 0.847. The van der Waals surface area contributed by atoms with Crippen molar-refractivity contribution in [2.45, 2.75) is 6.92 Å². The summed E-state index contributed by atoms with van der Waals surface area (Å²) in [6.45, 7) is 1.97. The molecule has 0 aliphatic carbocycles. The molecule has 0 aliphatic heterocycles. The fraction of sp³-hybridized carbons (Fsp3) is 0.0833. The normalized spacial score (nSPS) is 8.76. The largest absolute Gasteiger partial charge is 0.399 e. The predicted octanol–water partition coefficient (Wildman–Crippen LogP) is 3.56. The Morgan fingerprint density at radius 2 is 1.65 bits per heavy atom. The Kier molecular flexibility index (Phi) is 6.39. The summed E-state index contributed by atoms with van der Waals surface area (Å²) < 4.78 is 0. The fourth-order valence-electron chi connectivity index (χ4n) is 1.33. The summed E-state index contributed by atoms with van der Waals surface area (Å²) in [6, 6.07) is 13.5. The van der Waals surface area contributed by atoms with Crippen LogP contribution in [0.15, 0.2) is 42.5 Å². The van der Waals surface area contributed by atoms with E-state index in [9.17, 15) is 0 Å². The molecule has 92 valence electrons. The third-order valence-corrected chi connectivity index (χ3v) is 2.07. The number of benzene rings is 1. The second-order valence-electron chi connectivity index (χ2n) is 3.41. The van der Waals surface area contributed by atoms with Gasteiger partial charge in [0, 0.05) is 17.1 Å². The van der Waals surface area contributed by atoms with Gasteiger partial charge in [0.15, 0.2) is 0 Å². The maximum Gasteiger partial charge on any atom is 0.130 e. The summed E-state index contributed by atoms with van der Waals surface area (Å²) >= 11 is 0. The first kappa shape index (κ1) is 15.6. The summed E-state index contributed by atoms with van der Waals surface area (Å²) in [4.78, 5) is 4.35. The van der Waals surface area contributed by atoms with Gasteiger partial charge in [-0.3, -0.25) is 0 Å². The van der Waals surface area contributed by atoms with Crippen molar-refractivity contribution in [1.82, 2.24) is 4.98 Å². The highest BCUT2D eigenvalue weighted by Gasteiger charge is 1.95. The molecule has 0 radical (unpaired) electrons. The van der Waals surface area contributed by atoms with Crippen LogP contribution < -0.4 is 11.1 Å². The first-order chi connectivity index (χ1) is 7.24. The first-order valence-electron chi connectivity index (χ1n) is 4.80. The van der Waals surface area contributed by atoms with Crippen LogP contribution in [0.25, 0.3) is 0 Å². The number of nitrogens with zero attached hydrogens (tertiary/aromatic N) is 1. The SMILES string of the molecule is Cc1cccc(Nc2ccc(N)cc2)n1.Cl.Cl. The zero-order valence-corrected chi connectivity index (χ0v) is 11.0. The van der Waals surface area contributed by atoms with E-state index in [1.54, 1.807) is 0 Å². The molecule has 1 aromatic carbocycles. The number of aromatic nitrogens is 1. The van der Waals surface area contributed by atoms with Crippen LogP contribution in [0.1, 0.15) is 5.69 Å². The third-order valence-electron chi connectivity index (χ3n) is 2.07. The van der Waals surface area contributed by atoms with Crippen LogP contribution >= 0.6 is 24.8 Å². The van der Waals surface area contributed by atoms with Crippen LogP contribution in [0.4, 0.5) is 17.2 Å². The zero-order valence-electron chi connectivity index (χ0n) is 9.38. The molecule has 17 heavy (non-hydrogen) atoms. The number of hydrogen-bond donors (Lipinski definition) is 2. The van der Waals surface area contributed by atoms with Gasteiger partial charge in [0.25, 0.3) is 0 Å². The van der Waals surface area contributed by atoms with E-state index in [1.807, 2.05) is 49.4 Å². The number of rotatable bonds is 2. The predicted molar refractivity (Wildman–Crippen MR) is 77.6 cm³/mol. The van der Waals surface area contributed by atoms with Crippen molar-refractivity contribution in [1.29, 1.82) is 0 Å². The standard InChI is InChI=1S/C12H13N3.2ClH/c1-9-3-2-4-12(14-9)15-11-7-5-10(13)6-8-11;;/h2-8H,13H2,1H3,(H,14,15);2*1H. The van der Waals surface area contributed by atoms with Gasteiger partial charge in [-0.1, -0.05) is 6.07 Å². The maximum atomic E-state index is 5.60. The van der Waals surface area contributed by atoms with Gasteiger partial charge in [0.1, 0.15) is 5.82 Å². The molecule has 1 heterocycles. The number of halogens is 2. The van der Waals surface area contributed by atoms with E-state index < -0.39 is 0 Å². The summed E-state index contributed by atoms with van der Waals surface area (Å²) in [6.07, 6.45) is 0. The van der Waals surface area contributed by atoms with Crippen LogP contribution in [-0.2, 0) is 0 Å². The molecule has 0 fully saturated rings. The van der Waals surface area contributed by atoms with Gasteiger partial charge < -0.3 is 11.1 Å². The minimum absolute atomic E-state index is 0. The van der Waals surface area contributed by atoms with E-state index >= 15 is 0 Å². The van der Waals surface area contributed by atoms with Gasteiger partial charge in [0.2, 0.25) is 0 Å². The van der Waals surface area contributed by atoms with Crippen molar-refractivity contribution < 1.29 is 0 Å². The van der Waals surface area contributed by atoms with E-state index in [0.29, 0.717) is 0 Å². The summed E-state index contributed by atoms with van der Waals surface area (Å²) in [7, 11) is 0. The van der Waals surface area contributed by atoms with Crippen molar-refractivity contribution in [3.63, 3.8) is 0 Å². The molecular formula is C12H15Cl2N3. The number of hydrogen-bond acceptors (Lipinski definition) is 3. The lowest BCUT2D eigenvalue weighted by atomic mass is 10.3. The monoisotopic (exact) mass is 271 g/mol. The molecule has 0 saturated carbocycles. The molecule has 3 nitrogen and oxygen atoms in total. The Bertz CT molecular complexity index is 458. The van der Waals surface area contributed by atoms with Crippen molar-refractivity contribution in [2.24, 2.45) is 0 Å². The zero-order chi connectivity index (χ0) is 10.7. The number of aryl methyl sites for hydroxylation is 1. The number of nitrogens with one attached hydrogen (secondary N) is 1. The Morgan fingerprint density at radius 3 is 2.24 bits per heavy atom. The Morgan fingerprint density at radius 1 is 1.00 bits per heavy atom. The second-order valence-corrected chi connectivity index (χ2v) is 3.41. The second kappa shape index (κ2) is 6.99. The highest BCUT2D eigenvalue weighted by molar-refractivity contribution is 5.85. The molecule has 0 aliphatic rings. The van der Waals surface area contributed by atoms with Gasteiger partial charge in [-0.05, 0) is 43.3 Å². The molecule has 5 heteroatoms. The molecule has 0 bridgehead atoms. The Hall–Kier alpha value is -1.45. The van der Waals surface area contributed by atoms with Crippen LogP contribution in [0, 0.1) is 6.92 Å². The van der Waals surface area contributed by atoms with Gasteiger partial charge in [-0.15, -0.1) is 24.8 Å². The lowest BCUT2D eigenvalue weighted by Gasteiger charge is -2.05. The van der Waals surface area contributed by atoms with Gasteiger partial charge in [-0.2, -0.15) is 0 Å².